The van der Waals surface area contributed by atoms with Crippen molar-refractivity contribution in [1.29, 1.82) is 0 Å². The molecule has 0 saturated carbocycles. The van der Waals surface area contributed by atoms with Crippen molar-refractivity contribution in [2.45, 2.75) is 20.3 Å². The van der Waals surface area contributed by atoms with Crippen molar-refractivity contribution < 1.29 is 0 Å². The van der Waals surface area contributed by atoms with E-state index in [1.807, 2.05) is 6.07 Å². The number of hydrogen-bond donors (Lipinski definition) is 3. The summed E-state index contributed by atoms with van der Waals surface area (Å²) in [6, 6.07) is 10.5. The molecule has 0 aliphatic heterocycles. The van der Waals surface area contributed by atoms with Gasteiger partial charge in [0.05, 0.1) is 0 Å². The molecular formula is C15H22N4. The number of nitrogens with one attached hydrogen (secondary N) is 2. The van der Waals surface area contributed by atoms with E-state index in [-0.39, 0.29) is 0 Å². The summed E-state index contributed by atoms with van der Waals surface area (Å²) in [5, 5.41) is 4.39. The predicted octanol–water partition coefficient (Wildman–Crippen LogP) is 2.27. The minimum atomic E-state index is 0.532. The molecule has 0 aliphatic rings. The molecule has 0 atom stereocenters. The molecular weight excluding hydrogens is 236 g/mol. The van der Waals surface area contributed by atoms with Gasteiger partial charge >= 0.3 is 0 Å². The molecule has 2 rings (SSSR count). The summed E-state index contributed by atoms with van der Waals surface area (Å²) in [7, 11) is 0. The van der Waals surface area contributed by atoms with Crippen LogP contribution in [-0.2, 0) is 6.42 Å². The fourth-order valence-electron chi connectivity index (χ4n) is 1.93. The van der Waals surface area contributed by atoms with Gasteiger partial charge in [-0.15, -0.1) is 0 Å². The Morgan fingerprint density at radius 1 is 1.37 bits per heavy atom. The Morgan fingerprint density at radius 2 is 2.16 bits per heavy atom. The number of nitrogens with zero attached hydrogens (tertiary/aromatic N) is 1. The monoisotopic (exact) mass is 258 g/mol. The van der Waals surface area contributed by atoms with E-state index in [1.165, 1.54) is 16.6 Å². The van der Waals surface area contributed by atoms with Gasteiger partial charge < -0.3 is 16.0 Å². The number of hydrogen-bond acceptors (Lipinski definition) is 1. The standard InChI is InChI=1S/C15H22N4/c1-11(2)10-18-15(16)17-8-7-13-9-12-5-3-4-6-14(12)19-13/h3-6,9,11,19H,7-8,10H2,1-2H3,(H3,16,17,18). The van der Waals surface area contributed by atoms with Crippen LogP contribution in [0.15, 0.2) is 35.3 Å². The first kappa shape index (κ1) is 13.5. The molecule has 0 saturated heterocycles. The molecule has 1 heterocycles. The van der Waals surface area contributed by atoms with E-state index in [0.717, 1.165) is 19.5 Å². The molecule has 0 spiro atoms. The second-order valence-corrected chi connectivity index (χ2v) is 5.18. The van der Waals surface area contributed by atoms with Crippen LogP contribution in [0.3, 0.4) is 0 Å². The number of H-pyrrole nitrogens is 1. The topological polar surface area (TPSA) is 66.2 Å². The largest absolute Gasteiger partial charge is 0.370 e. The lowest BCUT2D eigenvalue weighted by molar-refractivity contribution is 0.661. The molecule has 1 aromatic heterocycles. The molecule has 0 radical (unpaired) electrons. The average molecular weight is 258 g/mol. The lowest BCUT2D eigenvalue weighted by Crippen LogP contribution is -2.33. The van der Waals surface area contributed by atoms with E-state index in [1.54, 1.807) is 0 Å². The van der Waals surface area contributed by atoms with E-state index < -0.39 is 0 Å². The highest BCUT2D eigenvalue weighted by molar-refractivity contribution is 5.80. The minimum absolute atomic E-state index is 0.532. The summed E-state index contributed by atoms with van der Waals surface area (Å²) in [5.74, 6) is 1.07. The van der Waals surface area contributed by atoms with Crippen LogP contribution in [0.2, 0.25) is 0 Å². The van der Waals surface area contributed by atoms with Gasteiger partial charge in [-0.2, -0.15) is 0 Å². The van der Waals surface area contributed by atoms with Gasteiger partial charge in [0.1, 0.15) is 0 Å². The second kappa shape index (κ2) is 6.27. The van der Waals surface area contributed by atoms with Crippen molar-refractivity contribution in [1.82, 2.24) is 10.3 Å². The van der Waals surface area contributed by atoms with Gasteiger partial charge in [0.15, 0.2) is 5.96 Å². The molecule has 0 aliphatic carbocycles. The number of para-hydroxylation sites is 1. The SMILES string of the molecule is CC(C)CN=C(N)NCCc1cc2ccccc2[nH]1. The highest BCUT2D eigenvalue weighted by Crippen LogP contribution is 2.14. The van der Waals surface area contributed by atoms with Crippen LogP contribution in [0.5, 0.6) is 0 Å². The number of guanidine groups is 1. The van der Waals surface area contributed by atoms with E-state index >= 15 is 0 Å². The van der Waals surface area contributed by atoms with Crippen LogP contribution in [0, 0.1) is 5.92 Å². The third-order valence-corrected chi connectivity index (χ3v) is 2.91. The number of rotatable bonds is 5. The minimum Gasteiger partial charge on any atom is -0.370 e. The van der Waals surface area contributed by atoms with Crippen molar-refractivity contribution in [3.63, 3.8) is 0 Å². The van der Waals surface area contributed by atoms with Crippen molar-refractivity contribution in [3.8, 4) is 0 Å². The van der Waals surface area contributed by atoms with Gasteiger partial charge in [-0.05, 0) is 23.4 Å². The Kier molecular flexibility index (Phi) is 4.44. The highest BCUT2D eigenvalue weighted by atomic mass is 15.1. The molecule has 4 N–H and O–H groups in total. The van der Waals surface area contributed by atoms with Crippen LogP contribution in [0.1, 0.15) is 19.5 Å². The second-order valence-electron chi connectivity index (χ2n) is 5.18. The number of aromatic nitrogens is 1. The molecule has 4 heteroatoms. The van der Waals surface area contributed by atoms with Crippen LogP contribution < -0.4 is 11.1 Å². The Balaban J connectivity index is 1.84. The fraction of sp³-hybridized carbons (Fsp3) is 0.400. The third-order valence-electron chi connectivity index (χ3n) is 2.91. The maximum atomic E-state index is 5.79. The molecule has 4 nitrogen and oxygen atoms in total. The van der Waals surface area contributed by atoms with E-state index in [9.17, 15) is 0 Å². The summed E-state index contributed by atoms with van der Waals surface area (Å²) in [6.07, 6.45) is 0.909. The molecule has 19 heavy (non-hydrogen) atoms. The summed E-state index contributed by atoms with van der Waals surface area (Å²) in [6.45, 7) is 5.81. The van der Waals surface area contributed by atoms with Gasteiger partial charge in [-0.1, -0.05) is 32.0 Å². The zero-order valence-corrected chi connectivity index (χ0v) is 11.6. The maximum Gasteiger partial charge on any atom is 0.188 e. The van der Waals surface area contributed by atoms with Crippen molar-refractivity contribution in [3.05, 3.63) is 36.0 Å². The quantitative estimate of drug-likeness (QED) is 0.569. The summed E-state index contributed by atoms with van der Waals surface area (Å²) < 4.78 is 0. The summed E-state index contributed by atoms with van der Waals surface area (Å²) in [5.41, 5.74) is 8.18. The van der Waals surface area contributed by atoms with Crippen molar-refractivity contribution in [2.75, 3.05) is 13.1 Å². The van der Waals surface area contributed by atoms with Crippen LogP contribution in [0.4, 0.5) is 0 Å². The van der Waals surface area contributed by atoms with E-state index in [2.05, 4.69) is 53.4 Å². The normalized spacial score (nSPS) is 12.3. The highest BCUT2D eigenvalue weighted by Gasteiger charge is 2.00. The molecule has 102 valence electrons. The number of fused-ring (bicyclic) bond motifs is 1. The van der Waals surface area contributed by atoms with Crippen LogP contribution in [-0.4, -0.2) is 24.0 Å². The third kappa shape index (κ3) is 4.02. The smallest absolute Gasteiger partial charge is 0.188 e. The molecule has 0 bridgehead atoms. The lowest BCUT2D eigenvalue weighted by Gasteiger charge is -2.05. The Bertz CT molecular complexity index is 521. The fourth-order valence-corrected chi connectivity index (χ4v) is 1.93. The molecule has 1 aromatic carbocycles. The van der Waals surface area contributed by atoms with Crippen LogP contribution in [0.25, 0.3) is 10.9 Å². The lowest BCUT2D eigenvalue weighted by atomic mass is 10.2. The van der Waals surface area contributed by atoms with Gasteiger partial charge in [0.2, 0.25) is 0 Å². The first-order valence-electron chi connectivity index (χ1n) is 6.75. The van der Waals surface area contributed by atoms with E-state index in [4.69, 9.17) is 5.73 Å². The van der Waals surface area contributed by atoms with Crippen molar-refractivity contribution >= 4 is 16.9 Å². The summed E-state index contributed by atoms with van der Waals surface area (Å²) >= 11 is 0. The zero-order chi connectivity index (χ0) is 13.7. The number of aromatic amines is 1. The van der Waals surface area contributed by atoms with Crippen molar-refractivity contribution in [2.24, 2.45) is 16.6 Å². The number of aliphatic imine (C=N–C) groups is 1. The molecule has 0 fully saturated rings. The van der Waals surface area contributed by atoms with Crippen LogP contribution >= 0.6 is 0 Å². The maximum absolute atomic E-state index is 5.79. The Morgan fingerprint density at radius 3 is 2.89 bits per heavy atom. The predicted molar refractivity (Wildman–Crippen MR) is 81.3 cm³/mol. The molecule has 2 aromatic rings. The Hall–Kier alpha value is -1.97. The number of benzene rings is 1. The van der Waals surface area contributed by atoms with Gasteiger partial charge in [-0.3, -0.25) is 4.99 Å². The first-order valence-corrected chi connectivity index (χ1v) is 6.75. The average Bonchev–Trinajstić information content (AvgIpc) is 2.79. The van der Waals surface area contributed by atoms with Gasteiger partial charge in [0.25, 0.3) is 0 Å². The van der Waals surface area contributed by atoms with Gasteiger partial charge in [0, 0.05) is 30.7 Å². The summed E-state index contributed by atoms with van der Waals surface area (Å²) in [4.78, 5) is 7.67. The molecule has 0 amide bonds. The number of nitrogens with two attached hydrogens (primary N) is 1. The molecule has 0 unspecified atom stereocenters. The first-order chi connectivity index (χ1) is 9.15. The van der Waals surface area contributed by atoms with E-state index in [0.29, 0.717) is 11.9 Å². The van der Waals surface area contributed by atoms with Gasteiger partial charge in [-0.25, -0.2) is 0 Å². The Labute approximate surface area is 114 Å². The zero-order valence-electron chi connectivity index (χ0n) is 11.6.